The summed E-state index contributed by atoms with van der Waals surface area (Å²) in [6.07, 6.45) is 0. The van der Waals surface area contributed by atoms with Crippen LogP contribution in [0.1, 0.15) is 38.8 Å². The molecule has 102 valence electrons. The van der Waals surface area contributed by atoms with E-state index in [4.69, 9.17) is 5.73 Å². The summed E-state index contributed by atoms with van der Waals surface area (Å²) in [6, 6.07) is 9.28. The van der Waals surface area contributed by atoms with Crippen LogP contribution < -0.4 is 5.73 Å². The highest BCUT2D eigenvalue weighted by Crippen LogP contribution is 2.26. The minimum atomic E-state index is 0.167. The van der Waals surface area contributed by atoms with Crippen LogP contribution in [0.3, 0.4) is 0 Å². The van der Waals surface area contributed by atoms with Gasteiger partial charge in [-0.15, -0.1) is 0 Å². The van der Waals surface area contributed by atoms with E-state index >= 15 is 0 Å². The van der Waals surface area contributed by atoms with Crippen LogP contribution in [0.15, 0.2) is 24.3 Å². The maximum absolute atomic E-state index is 6.16. The molecule has 1 aromatic rings. The standard InChI is InChI=1S/C16H28N2/c1-12-7-9-14(10-8-12)11-18(6)15(13(2)17)16(3,4)5/h7-10,13,15H,11,17H2,1-6H3. The van der Waals surface area contributed by atoms with Gasteiger partial charge in [0.15, 0.2) is 0 Å². The van der Waals surface area contributed by atoms with E-state index < -0.39 is 0 Å². The van der Waals surface area contributed by atoms with Crippen molar-refractivity contribution in [1.29, 1.82) is 0 Å². The van der Waals surface area contributed by atoms with Crippen molar-refractivity contribution in [1.82, 2.24) is 4.90 Å². The van der Waals surface area contributed by atoms with Gasteiger partial charge in [0, 0.05) is 18.6 Å². The second-order valence-electron chi connectivity index (χ2n) is 6.57. The Balaban J connectivity index is 2.79. The molecule has 0 aromatic heterocycles. The van der Waals surface area contributed by atoms with Crippen molar-refractivity contribution in [3.8, 4) is 0 Å². The molecule has 2 N–H and O–H groups in total. The van der Waals surface area contributed by atoms with Crippen LogP contribution in [-0.4, -0.2) is 24.0 Å². The lowest BCUT2D eigenvalue weighted by Crippen LogP contribution is -2.51. The molecule has 1 aromatic carbocycles. The quantitative estimate of drug-likeness (QED) is 0.886. The van der Waals surface area contributed by atoms with E-state index in [1.165, 1.54) is 11.1 Å². The first-order valence-electron chi connectivity index (χ1n) is 6.73. The minimum absolute atomic E-state index is 0.167. The Hall–Kier alpha value is -0.860. The third-order valence-electron chi connectivity index (χ3n) is 3.41. The van der Waals surface area contributed by atoms with E-state index in [0.29, 0.717) is 6.04 Å². The molecule has 18 heavy (non-hydrogen) atoms. The highest BCUT2D eigenvalue weighted by molar-refractivity contribution is 5.21. The fourth-order valence-electron chi connectivity index (χ4n) is 2.93. The van der Waals surface area contributed by atoms with Crippen LogP contribution in [0.2, 0.25) is 0 Å². The Morgan fingerprint density at radius 2 is 1.67 bits per heavy atom. The molecule has 0 saturated heterocycles. The van der Waals surface area contributed by atoms with Crippen LogP contribution in [-0.2, 0) is 6.54 Å². The second kappa shape index (κ2) is 5.85. The Kier molecular flexibility index (Phi) is 4.94. The number of rotatable bonds is 4. The topological polar surface area (TPSA) is 29.3 Å². The van der Waals surface area contributed by atoms with E-state index in [1.807, 2.05) is 0 Å². The SMILES string of the molecule is Cc1ccc(CN(C)C(C(C)N)C(C)(C)C)cc1. The molecule has 0 fully saturated rings. The number of nitrogens with two attached hydrogens (primary N) is 1. The largest absolute Gasteiger partial charge is 0.327 e. The third-order valence-corrected chi connectivity index (χ3v) is 3.41. The summed E-state index contributed by atoms with van der Waals surface area (Å²) in [6.45, 7) is 11.9. The smallest absolute Gasteiger partial charge is 0.0293 e. The molecule has 2 unspecified atom stereocenters. The Morgan fingerprint density at radius 1 is 1.17 bits per heavy atom. The summed E-state index contributed by atoms with van der Waals surface area (Å²) in [5, 5.41) is 0. The predicted molar refractivity (Wildman–Crippen MR) is 79.5 cm³/mol. The second-order valence-corrected chi connectivity index (χ2v) is 6.57. The van der Waals surface area contributed by atoms with Crippen molar-refractivity contribution in [2.45, 2.75) is 53.2 Å². The van der Waals surface area contributed by atoms with Crippen LogP contribution in [0.25, 0.3) is 0 Å². The highest BCUT2D eigenvalue weighted by Gasteiger charge is 2.31. The fraction of sp³-hybridized carbons (Fsp3) is 0.625. The average Bonchev–Trinajstić information content (AvgIpc) is 2.18. The molecule has 0 saturated carbocycles. The van der Waals surface area contributed by atoms with Crippen LogP contribution in [0.5, 0.6) is 0 Å². The van der Waals surface area contributed by atoms with Gasteiger partial charge >= 0.3 is 0 Å². The van der Waals surface area contributed by atoms with Gasteiger partial charge in [-0.2, -0.15) is 0 Å². The molecule has 2 nitrogen and oxygen atoms in total. The summed E-state index contributed by atoms with van der Waals surface area (Å²) in [4.78, 5) is 2.37. The number of hydrogen-bond acceptors (Lipinski definition) is 2. The molecule has 0 aliphatic heterocycles. The molecule has 0 heterocycles. The molecule has 0 aliphatic carbocycles. The number of hydrogen-bond donors (Lipinski definition) is 1. The van der Waals surface area contributed by atoms with E-state index in [1.54, 1.807) is 0 Å². The minimum Gasteiger partial charge on any atom is -0.327 e. The van der Waals surface area contributed by atoms with Crippen LogP contribution in [0.4, 0.5) is 0 Å². The van der Waals surface area contributed by atoms with Gasteiger partial charge in [-0.05, 0) is 31.9 Å². The van der Waals surface area contributed by atoms with Gasteiger partial charge in [-0.3, -0.25) is 4.90 Å². The normalized spacial score (nSPS) is 15.8. The first kappa shape index (κ1) is 15.2. The molecule has 0 bridgehead atoms. The van der Waals surface area contributed by atoms with Gasteiger partial charge in [0.25, 0.3) is 0 Å². The Bertz CT molecular complexity index is 360. The zero-order chi connectivity index (χ0) is 13.9. The molecule has 0 amide bonds. The van der Waals surface area contributed by atoms with E-state index in [9.17, 15) is 0 Å². The average molecular weight is 248 g/mol. The summed E-state index contributed by atoms with van der Waals surface area (Å²) in [5.74, 6) is 0. The molecule has 2 heteroatoms. The first-order valence-corrected chi connectivity index (χ1v) is 6.73. The number of benzene rings is 1. The molecule has 0 spiro atoms. The number of aryl methyl sites for hydroxylation is 1. The Labute approximate surface area is 112 Å². The third kappa shape index (κ3) is 4.11. The van der Waals surface area contributed by atoms with Crippen molar-refractivity contribution < 1.29 is 0 Å². The van der Waals surface area contributed by atoms with Gasteiger partial charge in [0.1, 0.15) is 0 Å². The Morgan fingerprint density at radius 3 is 2.06 bits per heavy atom. The van der Waals surface area contributed by atoms with Gasteiger partial charge in [-0.25, -0.2) is 0 Å². The van der Waals surface area contributed by atoms with Crippen LogP contribution >= 0.6 is 0 Å². The van der Waals surface area contributed by atoms with Gasteiger partial charge in [-0.1, -0.05) is 50.6 Å². The van der Waals surface area contributed by atoms with Crippen molar-refractivity contribution >= 4 is 0 Å². The number of nitrogens with zero attached hydrogens (tertiary/aromatic N) is 1. The lowest BCUT2D eigenvalue weighted by atomic mass is 9.82. The van der Waals surface area contributed by atoms with E-state index in [2.05, 4.69) is 70.8 Å². The fourth-order valence-corrected chi connectivity index (χ4v) is 2.93. The van der Waals surface area contributed by atoms with E-state index in [-0.39, 0.29) is 11.5 Å². The van der Waals surface area contributed by atoms with Gasteiger partial charge in [0.2, 0.25) is 0 Å². The van der Waals surface area contributed by atoms with Crippen molar-refractivity contribution in [2.75, 3.05) is 7.05 Å². The zero-order valence-electron chi connectivity index (χ0n) is 12.7. The summed E-state index contributed by atoms with van der Waals surface area (Å²) >= 11 is 0. The molecule has 0 radical (unpaired) electrons. The monoisotopic (exact) mass is 248 g/mol. The molecule has 2 atom stereocenters. The summed E-state index contributed by atoms with van der Waals surface area (Å²) < 4.78 is 0. The summed E-state index contributed by atoms with van der Waals surface area (Å²) in [5.41, 5.74) is 9.00. The lowest BCUT2D eigenvalue weighted by Gasteiger charge is -2.40. The van der Waals surface area contributed by atoms with Crippen molar-refractivity contribution in [2.24, 2.45) is 11.1 Å². The maximum Gasteiger partial charge on any atom is 0.0293 e. The summed E-state index contributed by atoms with van der Waals surface area (Å²) in [7, 11) is 2.17. The molecule has 1 rings (SSSR count). The molecule has 0 aliphatic rings. The molecular weight excluding hydrogens is 220 g/mol. The van der Waals surface area contributed by atoms with Gasteiger partial charge in [0.05, 0.1) is 0 Å². The number of likely N-dealkylation sites (N-methyl/N-ethyl adjacent to an activating group) is 1. The van der Waals surface area contributed by atoms with Gasteiger partial charge < -0.3 is 5.73 Å². The maximum atomic E-state index is 6.16. The van der Waals surface area contributed by atoms with E-state index in [0.717, 1.165) is 6.54 Å². The predicted octanol–water partition coefficient (Wildman–Crippen LogP) is 3.19. The molecular formula is C16H28N2. The van der Waals surface area contributed by atoms with Crippen molar-refractivity contribution in [3.05, 3.63) is 35.4 Å². The lowest BCUT2D eigenvalue weighted by molar-refractivity contribution is 0.100. The first-order chi connectivity index (χ1) is 8.21. The van der Waals surface area contributed by atoms with Crippen LogP contribution in [0, 0.1) is 12.3 Å². The van der Waals surface area contributed by atoms with Crippen molar-refractivity contribution in [3.63, 3.8) is 0 Å². The highest BCUT2D eigenvalue weighted by atomic mass is 15.2. The zero-order valence-corrected chi connectivity index (χ0v) is 12.7.